The van der Waals surface area contributed by atoms with Crippen LogP contribution in [0.2, 0.25) is 5.02 Å². The monoisotopic (exact) mass is 565 g/mol. The van der Waals surface area contributed by atoms with Crippen LogP contribution in [0, 0.1) is 5.82 Å². The fourth-order valence-electron chi connectivity index (χ4n) is 4.40. The van der Waals surface area contributed by atoms with Gasteiger partial charge in [0.1, 0.15) is 46.6 Å². The zero-order valence-electron chi connectivity index (χ0n) is 22.4. The van der Waals surface area contributed by atoms with Gasteiger partial charge in [-0.25, -0.2) is 29.3 Å². The van der Waals surface area contributed by atoms with E-state index in [2.05, 4.69) is 52.3 Å². The zero-order chi connectivity index (χ0) is 28.1. The fraction of sp³-hybridized carbons (Fsp3) is 0.296. The molecule has 0 spiro atoms. The molecule has 208 valence electrons. The summed E-state index contributed by atoms with van der Waals surface area (Å²) in [5, 5.41) is 6.20. The Labute approximate surface area is 236 Å². The molecule has 0 unspecified atom stereocenters. The molecule has 11 nitrogen and oxygen atoms in total. The van der Waals surface area contributed by atoms with E-state index in [-0.39, 0.29) is 28.0 Å². The second kappa shape index (κ2) is 12.3. The predicted molar refractivity (Wildman–Crippen MR) is 153 cm³/mol. The lowest BCUT2D eigenvalue weighted by Gasteiger charge is -2.35. The minimum atomic E-state index is -0.690. The van der Waals surface area contributed by atoms with Crippen LogP contribution in [0.1, 0.15) is 6.92 Å². The summed E-state index contributed by atoms with van der Waals surface area (Å²) in [6, 6.07) is 7.07. The summed E-state index contributed by atoms with van der Waals surface area (Å²) in [5.41, 5.74) is 2.03. The van der Waals surface area contributed by atoms with Gasteiger partial charge < -0.3 is 29.9 Å². The lowest BCUT2D eigenvalue weighted by Crippen LogP contribution is -2.46. The molecule has 4 heterocycles. The molecule has 0 saturated carbocycles. The molecule has 3 aromatic heterocycles. The Kier molecular flexibility index (Phi) is 8.37. The third-order valence-corrected chi connectivity index (χ3v) is 7.04. The Morgan fingerprint density at radius 2 is 1.70 bits per heavy atom. The van der Waals surface area contributed by atoms with Crippen LogP contribution in [0.4, 0.5) is 33.2 Å². The maximum Gasteiger partial charge on any atom is 0.190 e. The van der Waals surface area contributed by atoms with Crippen molar-refractivity contribution in [1.29, 1.82) is 0 Å². The van der Waals surface area contributed by atoms with Crippen LogP contribution in [0.25, 0.3) is 11.3 Å². The number of hydrogen-bond donors (Lipinski definition) is 2. The molecule has 0 amide bonds. The Hall–Kier alpha value is -4.29. The maximum absolute atomic E-state index is 15.1. The topological polar surface area (TPSA) is 113 Å². The van der Waals surface area contributed by atoms with E-state index in [9.17, 15) is 0 Å². The molecule has 4 aromatic rings. The van der Waals surface area contributed by atoms with Gasteiger partial charge in [-0.2, -0.15) is 0 Å². The lowest BCUT2D eigenvalue weighted by molar-refractivity contribution is 0.271. The van der Waals surface area contributed by atoms with Crippen molar-refractivity contribution in [2.75, 3.05) is 62.5 Å². The summed E-state index contributed by atoms with van der Waals surface area (Å²) in [6.07, 6.45) is 6.18. The number of benzene rings is 1. The first-order valence-electron chi connectivity index (χ1n) is 12.7. The van der Waals surface area contributed by atoms with Gasteiger partial charge in [-0.05, 0) is 18.7 Å². The first-order valence-corrected chi connectivity index (χ1v) is 13.1. The number of pyridine rings is 1. The highest BCUT2D eigenvalue weighted by Crippen LogP contribution is 2.42. The molecular formula is C27H29ClFN9O2. The van der Waals surface area contributed by atoms with E-state index in [0.29, 0.717) is 22.9 Å². The van der Waals surface area contributed by atoms with E-state index in [1.807, 2.05) is 18.3 Å². The maximum atomic E-state index is 15.1. The van der Waals surface area contributed by atoms with E-state index in [4.69, 9.17) is 21.1 Å². The highest BCUT2D eigenvalue weighted by molar-refractivity contribution is 6.35. The molecule has 0 radical (unpaired) electrons. The lowest BCUT2D eigenvalue weighted by atomic mass is 10.2. The minimum absolute atomic E-state index is 0.0328. The van der Waals surface area contributed by atoms with Gasteiger partial charge in [0.15, 0.2) is 11.6 Å². The summed E-state index contributed by atoms with van der Waals surface area (Å²) in [4.78, 5) is 26.5. The average Bonchev–Trinajstić information content (AvgIpc) is 3.00. The molecule has 1 aromatic carbocycles. The van der Waals surface area contributed by atoms with E-state index in [0.717, 1.165) is 38.4 Å². The Balaban J connectivity index is 1.36. The summed E-state index contributed by atoms with van der Waals surface area (Å²) in [5.74, 6) is 0.957. The predicted octanol–water partition coefficient (Wildman–Crippen LogP) is 4.77. The molecule has 5 rings (SSSR count). The molecule has 40 heavy (non-hydrogen) atoms. The molecule has 13 heteroatoms. The highest BCUT2D eigenvalue weighted by Gasteiger charge is 2.21. The summed E-state index contributed by atoms with van der Waals surface area (Å²) in [7, 11) is 2.79. The number of hydrogen-bond acceptors (Lipinski definition) is 11. The van der Waals surface area contributed by atoms with Crippen LogP contribution in [-0.4, -0.2) is 76.8 Å². The van der Waals surface area contributed by atoms with Gasteiger partial charge in [0.25, 0.3) is 0 Å². The largest absolute Gasteiger partial charge is 0.495 e. The number of aromatic nitrogens is 5. The van der Waals surface area contributed by atoms with Gasteiger partial charge in [0.2, 0.25) is 0 Å². The number of halogens is 2. The normalized spacial score (nSPS) is 13.7. The number of piperazine rings is 1. The van der Waals surface area contributed by atoms with Gasteiger partial charge in [-0.3, -0.25) is 0 Å². The molecule has 0 atom stereocenters. The van der Waals surface area contributed by atoms with E-state index in [1.165, 1.54) is 32.9 Å². The van der Waals surface area contributed by atoms with E-state index < -0.39 is 5.82 Å². The Morgan fingerprint density at radius 3 is 2.40 bits per heavy atom. The minimum Gasteiger partial charge on any atom is -0.495 e. The van der Waals surface area contributed by atoms with Gasteiger partial charge in [0, 0.05) is 44.5 Å². The van der Waals surface area contributed by atoms with Crippen LogP contribution >= 0.6 is 11.6 Å². The van der Waals surface area contributed by atoms with Crippen molar-refractivity contribution in [2.45, 2.75) is 6.92 Å². The SMILES string of the molecule is CCN1CCN(c2ccc(Nc3cc(-c4cncnc4Nc4c(F)c(OC)cc(OC)c4Cl)ncn3)nc2)CC1. The summed E-state index contributed by atoms with van der Waals surface area (Å²) < 4.78 is 25.5. The van der Waals surface area contributed by atoms with Crippen LogP contribution in [0.3, 0.4) is 0 Å². The van der Waals surface area contributed by atoms with Gasteiger partial charge in [0.05, 0.1) is 37.4 Å². The molecule has 1 aliphatic rings. The van der Waals surface area contributed by atoms with Crippen LogP contribution in [-0.2, 0) is 0 Å². The standard InChI is InChI=1S/C27H29ClFN9O2/c1-4-37-7-9-38(10-8-37)17-5-6-22(31-13-17)35-23-11-19(32-16-33-23)18-14-30-15-34-27(18)36-26-24(28)20(39-2)12-21(40-3)25(26)29/h5-6,11-16H,4,7-10H2,1-3H3,(H,30,34,36)(H,31,32,33,35). The smallest absolute Gasteiger partial charge is 0.190 e. The molecule has 0 bridgehead atoms. The second-order valence-electron chi connectivity index (χ2n) is 8.93. The summed E-state index contributed by atoms with van der Waals surface area (Å²) >= 11 is 6.41. The number of likely N-dealkylation sites (N-methyl/N-ethyl adjacent to an activating group) is 1. The number of rotatable bonds is 9. The Bertz CT molecular complexity index is 1440. The van der Waals surface area contributed by atoms with Crippen molar-refractivity contribution in [3.63, 3.8) is 0 Å². The average molecular weight is 566 g/mol. The fourth-order valence-corrected chi connectivity index (χ4v) is 4.67. The highest BCUT2D eigenvalue weighted by atomic mass is 35.5. The third-order valence-electron chi connectivity index (χ3n) is 6.66. The van der Waals surface area contributed by atoms with Gasteiger partial charge in [-0.1, -0.05) is 18.5 Å². The number of nitrogens with one attached hydrogen (secondary N) is 2. The van der Waals surface area contributed by atoms with E-state index in [1.54, 1.807) is 12.3 Å². The summed E-state index contributed by atoms with van der Waals surface area (Å²) in [6.45, 7) is 7.30. The van der Waals surface area contributed by atoms with Gasteiger partial charge in [-0.15, -0.1) is 0 Å². The molecule has 1 saturated heterocycles. The third kappa shape index (κ3) is 5.82. The first-order chi connectivity index (χ1) is 19.5. The molecule has 1 aliphatic heterocycles. The van der Waals surface area contributed by atoms with Crippen molar-refractivity contribution >= 4 is 40.4 Å². The molecule has 2 N–H and O–H groups in total. The van der Waals surface area contributed by atoms with Crippen molar-refractivity contribution in [3.8, 4) is 22.8 Å². The molecular weight excluding hydrogens is 537 g/mol. The zero-order valence-corrected chi connectivity index (χ0v) is 23.1. The van der Waals surface area contributed by atoms with Crippen LogP contribution in [0.15, 0.2) is 49.3 Å². The number of nitrogens with zero attached hydrogens (tertiary/aromatic N) is 7. The van der Waals surface area contributed by atoms with Crippen molar-refractivity contribution < 1.29 is 13.9 Å². The van der Waals surface area contributed by atoms with Gasteiger partial charge >= 0.3 is 0 Å². The quantitative estimate of drug-likeness (QED) is 0.292. The van der Waals surface area contributed by atoms with Crippen molar-refractivity contribution in [3.05, 3.63) is 60.2 Å². The molecule has 1 fully saturated rings. The number of methoxy groups -OCH3 is 2. The van der Waals surface area contributed by atoms with Crippen molar-refractivity contribution in [1.82, 2.24) is 29.8 Å². The molecule has 0 aliphatic carbocycles. The first kappa shape index (κ1) is 27.3. The Morgan fingerprint density at radius 1 is 0.900 bits per heavy atom. The number of ether oxygens (including phenoxy) is 2. The van der Waals surface area contributed by atoms with Crippen molar-refractivity contribution in [2.24, 2.45) is 0 Å². The van der Waals surface area contributed by atoms with Crippen LogP contribution in [0.5, 0.6) is 11.5 Å². The van der Waals surface area contributed by atoms with Crippen LogP contribution < -0.4 is 25.0 Å². The van der Waals surface area contributed by atoms with E-state index >= 15 is 4.39 Å². The number of anilines is 5. The second-order valence-corrected chi connectivity index (χ2v) is 9.31.